The summed E-state index contributed by atoms with van der Waals surface area (Å²) in [7, 11) is 0. The third-order valence-electron chi connectivity index (χ3n) is 3.59. The monoisotopic (exact) mass is 439 g/mol. The van der Waals surface area contributed by atoms with Crippen molar-refractivity contribution in [1.29, 1.82) is 0 Å². The fourth-order valence-electron chi connectivity index (χ4n) is 2.51. The zero-order chi connectivity index (χ0) is 18.9. The van der Waals surface area contributed by atoms with Crippen LogP contribution in [0.2, 0.25) is 5.15 Å². The van der Waals surface area contributed by atoms with E-state index in [1.54, 1.807) is 23.0 Å². The molecule has 1 aliphatic rings. The third kappa shape index (κ3) is 4.24. The number of amides is 1. The summed E-state index contributed by atoms with van der Waals surface area (Å²) in [5.41, 5.74) is 0.914. The quantitative estimate of drug-likeness (QED) is 0.652. The summed E-state index contributed by atoms with van der Waals surface area (Å²) in [6, 6.07) is 1.60. The van der Waals surface area contributed by atoms with Gasteiger partial charge in [0.2, 0.25) is 0 Å². The summed E-state index contributed by atoms with van der Waals surface area (Å²) in [5, 5.41) is 4.56. The van der Waals surface area contributed by atoms with Gasteiger partial charge in [-0.1, -0.05) is 11.6 Å². The highest BCUT2D eigenvalue weighted by Gasteiger charge is 2.27. The second-order valence-electron chi connectivity index (χ2n) is 6.89. The number of anilines is 1. The molecular formula is C17H19BrClN5O2. The largest absolute Gasteiger partial charge is 0.443 e. The minimum atomic E-state index is -0.630. The van der Waals surface area contributed by atoms with Crippen molar-refractivity contribution in [2.45, 2.75) is 39.2 Å². The molecule has 0 bridgehead atoms. The van der Waals surface area contributed by atoms with E-state index in [9.17, 15) is 4.79 Å². The lowest BCUT2D eigenvalue weighted by Gasteiger charge is -2.28. The van der Waals surface area contributed by atoms with Gasteiger partial charge in [0.05, 0.1) is 17.2 Å². The van der Waals surface area contributed by atoms with Gasteiger partial charge in [0.25, 0.3) is 0 Å². The number of hydrogen-bond acceptors (Lipinski definition) is 5. The van der Waals surface area contributed by atoms with Crippen molar-refractivity contribution in [3.63, 3.8) is 0 Å². The molecule has 0 fully saturated rings. The van der Waals surface area contributed by atoms with Gasteiger partial charge in [0, 0.05) is 18.5 Å². The van der Waals surface area contributed by atoms with Crippen molar-refractivity contribution >= 4 is 51.3 Å². The molecule has 3 rings (SSSR count). The Balaban J connectivity index is 2.06. The number of aromatic nitrogens is 3. The molecule has 0 radical (unpaired) electrons. The van der Waals surface area contributed by atoms with Crippen molar-refractivity contribution in [1.82, 2.24) is 14.6 Å². The molecule has 138 valence electrons. The molecule has 0 N–H and O–H groups in total. The number of hydrogen-bond donors (Lipinski definition) is 0. The van der Waals surface area contributed by atoms with Crippen molar-refractivity contribution in [3.05, 3.63) is 33.7 Å². The summed E-state index contributed by atoms with van der Waals surface area (Å²) in [6.45, 7) is 5.81. The average molecular weight is 441 g/mol. The maximum absolute atomic E-state index is 12.9. The van der Waals surface area contributed by atoms with Gasteiger partial charge in [0.1, 0.15) is 16.6 Å². The first kappa shape index (κ1) is 18.8. The number of nitrogens with zero attached hydrogens (tertiary/aromatic N) is 5. The zero-order valence-corrected chi connectivity index (χ0v) is 17.1. The number of ether oxygens (including phenoxy) is 1. The first-order valence-electron chi connectivity index (χ1n) is 8.14. The van der Waals surface area contributed by atoms with Crippen LogP contribution < -0.4 is 4.90 Å². The van der Waals surface area contributed by atoms with Crippen LogP contribution in [0, 0.1) is 0 Å². The lowest BCUT2D eigenvalue weighted by molar-refractivity contribution is 0.0581. The van der Waals surface area contributed by atoms with Crippen molar-refractivity contribution in [2.75, 3.05) is 11.4 Å². The predicted octanol–water partition coefficient (Wildman–Crippen LogP) is 4.64. The molecule has 9 heteroatoms. The van der Waals surface area contributed by atoms with E-state index >= 15 is 0 Å². The Morgan fingerprint density at radius 3 is 2.88 bits per heavy atom. The second kappa shape index (κ2) is 7.36. The summed E-state index contributed by atoms with van der Waals surface area (Å²) in [4.78, 5) is 22.9. The van der Waals surface area contributed by atoms with E-state index in [0.717, 1.165) is 18.4 Å². The highest BCUT2D eigenvalue weighted by Crippen LogP contribution is 2.27. The van der Waals surface area contributed by atoms with Crippen LogP contribution in [0.5, 0.6) is 0 Å². The molecular weight excluding hydrogens is 422 g/mol. The van der Waals surface area contributed by atoms with E-state index in [1.165, 1.54) is 4.90 Å². The Labute approximate surface area is 164 Å². The van der Waals surface area contributed by atoms with Crippen LogP contribution in [0.1, 0.15) is 33.6 Å². The molecule has 0 unspecified atom stereocenters. The van der Waals surface area contributed by atoms with Gasteiger partial charge in [-0.2, -0.15) is 9.61 Å². The first-order chi connectivity index (χ1) is 12.2. The highest BCUT2D eigenvalue weighted by atomic mass is 79.9. The maximum Gasteiger partial charge on any atom is 0.416 e. The molecule has 1 aliphatic heterocycles. The number of fused-ring (bicyclic) bond motifs is 1. The lowest BCUT2D eigenvalue weighted by atomic mass is 10.1. The van der Waals surface area contributed by atoms with Crippen molar-refractivity contribution in [2.24, 2.45) is 4.99 Å². The molecule has 0 saturated carbocycles. The molecule has 0 aromatic carbocycles. The average Bonchev–Trinajstić information content (AvgIpc) is 2.92. The van der Waals surface area contributed by atoms with Crippen LogP contribution in [-0.4, -0.2) is 39.1 Å². The van der Waals surface area contributed by atoms with Crippen LogP contribution in [0.3, 0.4) is 0 Å². The van der Waals surface area contributed by atoms with Gasteiger partial charge in [-0.25, -0.2) is 9.78 Å². The molecule has 0 aliphatic carbocycles. The van der Waals surface area contributed by atoms with E-state index in [4.69, 9.17) is 16.3 Å². The third-order valence-corrected chi connectivity index (χ3v) is 4.34. The minimum absolute atomic E-state index is 0.262. The van der Waals surface area contributed by atoms with Gasteiger partial charge in [-0.3, -0.25) is 9.89 Å². The number of carbonyl (C=O) groups excluding carboxylic acids is 1. The van der Waals surface area contributed by atoms with E-state index in [0.29, 0.717) is 22.5 Å². The smallest absolute Gasteiger partial charge is 0.416 e. The lowest BCUT2D eigenvalue weighted by Crippen LogP contribution is -2.39. The van der Waals surface area contributed by atoms with Crippen LogP contribution >= 0.6 is 27.5 Å². The van der Waals surface area contributed by atoms with Crippen molar-refractivity contribution < 1.29 is 9.53 Å². The zero-order valence-electron chi connectivity index (χ0n) is 14.7. The molecule has 7 nitrogen and oxygen atoms in total. The Bertz CT molecular complexity index is 900. The summed E-state index contributed by atoms with van der Waals surface area (Å²) < 4.78 is 7.85. The standard InChI is InChI=1S/C17H19BrClN5O2/c1-17(2,3)26-16(25)23(10-11-5-4-6-20-8-11)14-7-13(19)22-15-12(18)9-21-24(14)15/h6-9H,4-5,10H2,1-3H3. The normalized spacial score (nSPS) is 14.4. The number of halogens is 2. The molecule has 3 heterocycles. The Hall–Kier alpha value is -1.93. The van der Waals surface area contributed by atoms with Gasteiger partial charge in [-0.15, -0.1) is 0 Å². The number of carbonyl (C=O) groups is 1. The molecule has 26 heavy (non-hydrogen) atoms. The van der Waals surface area contributed by atoms with Crippen LogP contribution in [0.4, 0.5) is 10.6 Å². The summed E-state index contributed by atoms with van der Waals surface area (Å²) in [5.74, 6) is 0.482. The van der Waals surface area contributed by atoms with E-state index in [2.05, 4.69) is 31.0 Å². The van der Waals surface area contributed by atoms with E-state index < -0.39 is 11.7 Å². The van der Waals surface area contributed by atoms with E-state index in [-0.39, 0.29) is 5.15 Å². The highest BCUT2D eigenvalue weighted by molar-refractivity contribution is 9.10. The first-order valence-corrected chi connectivity index (χ1v) is 9.31. The Morgan fingerprint density at radius 1 is 1.46 bits per heavy atom. The van der Waals surface area contributed by atoms with Crippen LogP contribution in [0.15, 0.2) is 33.5 Å². The fourth-order valence-corrected chi connectivity index (χ4v) is 3.04. The molecule has 0 spiro atoms. The summed E-state index contributed by atoms with van der Waals surface area (Å²) >= 11 is 9.59. The summed E-state index contributed by atoms with van der Waals surface area (Å²) in [6.07, 6.45) is 6.43. The molecule has 0 atom stereocenters. The van der Waals surface area contributed by atoms with Gasteiger partial charge >= 0.3 is 6.09 Å². The fraction of sp³-hybridized carbons (Fsp3) is 0.412. The minimum Gasteiger partial charge on any atom is -0.443 e. The second-order valence-corrected chi connectivity index (χ2v) is 8.13. The van der Waals surface area contributed by atoms with E-state index in [1.807, 2.05) is 27.0 Å². The number of rotatable bonds is 3. The van der Waals surface area contributed by atoms with Gasteiger partial charge < -0.3 is 4.74 Å². The topological polar surface area (TPSA) is 72.1 Å². The predicted molar refractivity (Wildman–Crippen MR) is 105 cm³/mol. The number of aliphatic imine (C=N–C) groups is 1. The van der Waals surface area contributed by atoms with Crippen LogP contribution in [0.25, 0.3) is 5.65 Å². The SMILES string of the molecule is CC(C)(C)OC(=O)N(CC1=CN=CCC1)c1cc(Cl)nc2c(Br)cnn12. The Kier molecular flexibility index (Phi) is 5.34. The van der Waals surface area contributed by atoms with Crippen LogP contribution in [-0.2, 0) is 4.74 Å². The molecule has 1 amide bonds. The molecule has 2 aromatic rings. The maximum atomic E-state index is 12.9. The molecule has 2 aromatic heterocycles. The Morgan fingerprint density at radius 2 is 2.23 bits per heavy atom. The van der Waals surface area contributed by atoms with Gasteiger partial charge in [0.15, 0.2) is 5.65 Å². The molecule has 0 saturated heterocycles. The van der Waals surface area contributed by atoms with Gasteiger partial charge in [-0.05, 0) is 55.1 Å². The van der Waals surface area contributed by atoms with Crippen molar-refractivity contribution in [3.8, 4) is 0 Å².